The molecule has 0 saturated carbocycles. The van der Waals surface area contributed by atoms with Crippen LogP contribution in [-0.4, -0.2) is 76.2 Å². The van der Waals surface area contributed by atoms with Crippen LogP contribution in [0.5, 0.6) is 0 Å². The molecule has 0 aliphatic carbocycles. The fourth-order valence-electron chi connectivity index (χ4n) is 2.48. The SMILES string of the molecule is CN(C)S(=O)(=O)c1cc(NC(=S)NCCCN2CCOCC2)ccc1Cl. The van der Waals surface area contributed by atoms with Crippen LogP contribution in [0.4, 0.5) is 5.69 Å². The van der Waals surface area contributed by atoms with Gasteiger partial charge in [-0.2, -0.15) is 0 Å². The Hall–Kier alpha value is -0.970. The standard InChI is InChI=1S/C16H25ClN4O3S2/c1-20(2)26(22,23)15-12-13(4-5-14(15)17)19-16(25)18-6-3-7-21-8-10-24-11-9-21/h4-5,12H,3,6-11H2,1-2H3,(H2,18,19,25). The molecule has 1 aromatic carbocycles. The Morgan fingerprint density at radius 1 is 1.35 bits per heavy atom. The number of nitrogens with zero attached hydrogens (tertiary/aromatic N) is 2. The number of nitrogens with one attached hydrogen (secondary N) is 2. The van der Waals surface area contributed by atoms with Gasteiger partial charge in [0.2, 0.25) is 10.0 Å². The Kier molecular flexibility index (Phi) is 8.05. The molecule has 146 valence electrons. The van der Waals surface area contributed by atoms with Crippen molar-refractivity contribution in [3.8, 4) is 0 Å². The molecule has 1 fully saturated rings. The second-order valence-electron chi connectivity index (χ2n) is 6.12. The van der Waals surface area contributed by atoms with Gasteiger partial charge in [-0.05, 0) is 43.4 Å². The molecule has 0 radical (unpaired) electrons. The molecular formula is C16H25ClN4O3S2. The molecule has 2 N–H and O–H groups in total. The molecule has 10 heteroatoms. The van der Waals surface area contributed by atoms with Crippen molar-refractivity contribution >= 4 is 44.6 Å². The van der Waals surface area contributed by atoms with Gasteiger partial charge in [0.15, 0.2) is 5.11 Å². The van der Waals surface area contributed by atoms with Gasteiger partial charge in [-0.1, -0.05) is 11.6 Å². The normalized spacial score (nSPS) is 15.8. The van der Waals surface area contributed by atoms with Crippen LogP contribution >= 0.6 is 23.8 Å². The van der Waals surface area contributed by atoms with Crippen LogP contribution in [0.3, 0.4) is 0 Å². The van der Waals surface area contributed by atoms with Gasteiger partial charge in [0.05, 0.1) is 18.2 Å². The summed E-state index contributed by atoms with van der Waals surface area (Å²) in [5, 5.41) is 6.76. The van der Waals surface area contributed by atoms with Gasteiger partial charge in [-0.15, -0.1) is 0 Å². The summed E-state index contributed by atoms with van der Waals surface area (Å²) in [6.45, 7) is 5.25. The maximum atomic E-state index is 12.3. The van der Waals surface area contributed by atoms with Crippen LogP contribution in [-0.2, 0) is 14.8 Å². The number of sulfonamides is 1. The van der Waals surface area contributed by atoms with Crippen molar-refractivity contribution in [1.29, 1.82) is 0 Å². The summed E-state index contributed by atoms with van der Waals surface area (Å²) in [6.07, 6.45) is 0.961. The predicted molar refractivity (Wildman–Crippen MR) is 108 cm³/mol. The lowest BCUT2D eigenvalue weighted by atomic mass is 10.3. The van der Waals surface area contributed by atoms with Crippen molar-refractivity contribution in [3.63, 3.8) is 0 Å². The van der Waals surface area contributed by atoms with E-state index in [4.69, 9.17) is 28.6 Å². The van der Waals surface area contributed by atoms with Crippen molar-refractivity contribution in [2.45, 2.75) is 11.3 Å². The number of benzene rings is 1. The summed E-state index contributed by atoms with van der Waals surface area (Å²) in [7, 11) is -0.688. The van der Waals surface area contributed by atoms with Gasteiger partial charge in [-0.3, -0.25) is 4.90 Å². The fraction of sp³-hybridized carbons (Fsp3) is 0.562. The zero-order valence-corrected chi connectivity index (χ0v) is 17.4. The van der Waals surface area contributed by atoms with E-state index in [1.165, 1.54) is 20.2 Å². The van der Waals surface area contributed by atoms with E-state index in [0.29, 0.717) is 10.8 Å². The molecule has 0 amide bonds. The Labute approximate surface area is 165 Å². The quantitative estimate of drug-likeness (QED) is 0.512. The lowest BCUT2D eigenvalue weighted by Crippen LogP contribution is -2.38. The highest BCUT2D eigenvalue weighted by Crippen LogP contribution is 2.26. The van der Waals surface area contributed by atoms with E-state index in [2.05, 4.69) is 15.5 Å². The zero-order chi connectivity index (χ0) is 19.2. The summed E-state index contributed by atoms with van der Waals surface area (Å²) < 4.78 is 31.1. The van der Waals surface area contributed by atoms with Crippen molar-refractivity contribution in [3.05, 3.63) is 23.2 Å². The number of halogens is 1. The second kappa shape index (κ2) is 9.82. The van der Waals surface area contributed by atoms with Gasteiger partial charge < -0.3 is 15.4 Å². The monoisotopic (exact) mass is 420 g/mol. The first-order chi connectivity index (χ1) is 12.3. The minimum absolute atomic E-state index is 0.0456. The van der Waals surface area contributed by atoms with Crippen LogP contribution in [0.1, 0.15) is 6.42 Å². The van der Waals surface area contributed by atoms with E-state index in [1.807, 2.05) is 0 Å². The molecule has 0 unspecified atom stereocenters. The molecule has 1 aromatic rings. The molecule has 26 heavy (non-hydrogen) atoms. The third kappa shape index (κ3) is 6.04. The third-order valence-electron chi connectivity index (χ3n) is 3.99. The zero-order valence-electron chi connectivity index (χ0n) is 15.0. The smallest absolute Gasteiger partial charge is 0.244 e. The number of hydrogen-bond acceptors (Lipinski definition) is 5. The maximum Gasteiger partial charge on any atom is 0.244 e. The Morgan fingerprint density at radius 2 is 2.04 bits per heavy atom. The van der Waals surface area contributed by atoms with Gasteiger partial charge >= 0.3 is 0 Å². The van der Waals surface area contributed by atoms with Gasteiger partial charge in [-0.25, -0.2) is 12.7 Å². The Balaban J connectivity index is 1.85. The van der Waals surface area contributed by atoms with E-state index in [-0.39, 0.29) is 9.92 Å². The number of anilines is 1. The third-order valence-corrected chi connectivity index (χ3v) is 6.53. The number of thiocarbonyl (C=S) groups is 1. The van der Waals surface area contributed by atoms with Crippen molar-refractivity contribution in [1.82, 2.24) is 14.5 Å². The summed E-state index contributed by atoms with van der Waals surface area (Å²) in [4.78, 5) is 2.41. The van der Waals surface area contributed by atoms with Crippen molar-refractivity contribution in [2.75, 3.05) is 58.8 Å². The highest BCUT2D eigenvalue weighted by molar-refractivity contribution is 7.89. The van der Waals surface area contributed by atoms with Crippen LogP contribution in [0, 0.1) is 0 Å². The van der Waals surface area contributed by atoms with E-state index in [9.17, 15) is 8.42 Å². The Morgan fingerprint density at radius 3 is 2.69 bits per heavy atom. The molecule has 0 atom stereocenters. The summed E-state index contributed by atoms with van der Waals surface area (Å²) in [5.74, 6) is 0. The number of morpholine rings is 1. The number of rotatable bonds is 7. The first-order valence-corrected chi connectivity index (χ1v) is 10.6. The van der Waals surface area contributed by atoms with E-state index < -0.39 is 10.0 Å². The molecule has 0 aromatic heterocycles. The topological polar surface area (TPSA) is 73.9 Å². The van der Waals surface area contributed by atoms with Gasteiger partial charge in [0.25, 0.3) is 0 Å². The summed E-state index contributed by atoms with van der Waals surface area (Å²) >= 11 is 11.3. The number of ether oxygens (including phenoxy) is 1. The highest BCUT2D eigenvalue weighted by atomic mass is 35.5. The van der Waals surface area contributed by atoms with Crippen LogP contribution < -0.4 is 10.6 Å². The van der Waals surface area contributed by atoms with Crippen LogP contribution in [0.2, 0.25) is 5.02 Å². The molecule has 0 spiro atoms. The molecule has 1 saturated heterocycles. The van der Waals surface area contributed by atoms with E-state index in [1.54, 1.807) is 12.1 Å². The molecule has 7 nitrogen and oxygen atoms in total. The average molecular weight is 421 g/mol. The lowest BCUT2D eigenvalue weighted by Gasteiger charge is -2.26. The molecule has 1 aliphatic rings. The first-order valence-electron chi connectivity index (χ1n) is 8.38. The van der Waals surface area contributed by atoms with E-state index in [0.717, 1.165) is 50.1 Å². The molecule has 2 rings (SSSR count). The Bertz CT molecular complexity index is 722. The highest BCUT2D eigenvalue weighted by Gasteiger charge is 2.21. The van der Waals surface area contributed by atoms with Gasteiger partial charge in [0, 0.05) is 39.4 Å². The summed E-state index contributed by atoms with van der Waals surface area (Å²) in [6, 6.07) is 4.72. The second-order valence-corrected chi connectivity index (χ2v) is 9.06. The minimum atomic E-state index is -3.62. The van der Waals surface area contributed by atoms with Crippen molar-refractivity contribution in [2.24, 2.45) is 0 Å². The fourth-order valence-corrected chi connectivity index (χ4v) is 4.09. The molecule has 0 bridgehead atoms. The number of hydrogen-bond donors (Lipinski definition) is 2. The first kappa shape index (κ1) is 21.3. The van der Waals surface area contributed by atoms with Crippen LogP contribution in [0.15, 0.2) is 23.1 Å². The largest absolute Gasteiger partial charge is 0.379 e. The lowest BCUT2D eigenvalue weighted by molar-refractivity contribution is 0.0376. The van der Waals surface area contributed by atoms with Crippen molar-refractivity contribution < 1.29 is 13.2 Å². The van der Waals surface area contributed by atoms with E-state index >= 15 is 0 Å². The average Bonchev–Trinajstić information content (AvgIpc) is 2.61. The predicted octanol–water partition coefficient (Wildman–Crippen LogP) is 1.60. The maximum absolute atomic E-state index is 12.3. The molecule has 1 heterocycles. The molecular weight excluding hydrogens is 396 g/mol. The molecule has 1 aliphatic heterocycles. The van der Waals surface area contributed by atoms with Crippen LogP contribution in [0.25, 0.3) is 0 Å². The summed E-state index contributed by atoms with van der Waals surface area (Å²) in [5.41, 5.74) is 0.570. The minimum Gasteiger partial charge on any atom is -0.379 e. The van der Waals surface area contributed by atoms with Gasteiger partial charge in [0.1, 0.15) is 4.90 Å².